The highest BCUT2D eigenvalue weighted by Crippen LogP contribution is 2.41. The molecule has 1 unspecified atom stereocenters. The van der Waals surface area contributed by atoms with Crippen molar-refractivity contribution in [3.63, 3.8) is 0 Å². The van der Waals surface area contributed by atoms with Gasteiger partial charge in [0.25, 0.3) is 5.91 Å². The zero-order valence-electron chi connectivity index (χ0n) is 17.9. The fourth-order valence-corrected chi connectivity index (χ4v) is 3.94. The minimum Gasteiger partial charge on any atom is -0.327 e. The molecule has 36 heavy (non-hydrogen) atoms. The number of carbonyl (C=O) groups is 2. The highest BCUT2D eigenvalue weighted by Gasteiger charge is 2.39. The van der Waals surface area contributed by atoms with Gasteiger partial charge in [0.15, 0.2) is 0 Å². The summed E-state index contributed by atoms with van der Waals surface area (Å²) >= 11 is 20.6. The van der Waals surface area contributed by atoms with Gasteiger partial charge < -0.3 is 5.32 Å². The Balaban J connectivity index is 2.19. The van der Waals surface area contributed by atoms with Crippen molar-refractivity contribution in [2.75, 3.05) is 13.6 Å². The molecule has 0 aliphatic rings. The lowest BCUT2D eigenvalue weighted by atomic mass is 9.97. The highest BCUT2D eigenvalue weighted by molar-refractivity contribution is 9.10. The molecule has 196 valence electrons. The Morgan fingerprint density at radius 3 is 2.14 bits per heavy atom. The monoisotopic (exact) mass is 639 g/mol. The summed E-state index contributed by atoms with van der Waals surface area (Å²) in [6, 6.07) is 4.82. The van der Waals surface area contributed by atoms with Crippen molar-refractivity contribution < 1.29 is 35.9 Å². The van der Waals surface area contributed by atoms with Crippen LogP contribution in [-0.4, -0.2) is 42.9 Å². The second-order valence-corrected chi connectivity index (χ2v) is 9.24. The van der Waals surface area contributed by atoms with Crippen molar-refractivity contribution in [2.24, 2.45) is 0 Å². The molecule has 2 N–H and O–H groups in total. The lowest BCUT2D eigenvalue weighted by molar-refractivity contribution is -0.139. The Hall–Kier alpha value is -2.15. The first-order chi connectivity index (χ1) is 16.5. The van der Waals surface area contributed by atoms with E-state index in [0.29, 0.717) is 5.01 Å². The Morgan fingerprint density at radius 2 is 1.64 bits per heavy atom. The van der Waals surface area contributed by atoms with Gasteiger partial charge >= 0.3 is 18.4 Å². The van der Waals surface area contributed by atoms with Crippen molar-refractivity contribution in [1.82, 2.24) is 15.8 Å². The summed E-state index contributed by atoms with van der Waals surface area (Å²) in [5, 5.41) is 1.74. The third kappa shape index (κ3) is 8.46. The first kappa shape index (κ1) is 30.1. The maximum atomic E-state index is 13.7. The summed E-state index contributed by atoms with van der Waals surface area (Å²) in [7, 11) is 1.03. The Labute approximate surface area is 224 Å². The molecule has 0 fully saturated rings. The number of hydrogen-bond acceptors (Lipinski definition) is 2. The van der Waals surface area contributed by atoms with Gasteiger partial charge in [-0.2, -0.15) is 26.3 Å². The molecule has 0 aliphatic heterocycles. The summed E-state index contributed by atoms with van der Waals surface area (Å²) in [6.07, 6.45) is -7.29. The van der Waals surface area contributed by atoms with Crippen LogP contribution >= 0.6 is 50.7 Å². The van der Waals surface area contributed by atoms with E-state index in [0.717, 1.165) is 31.3 Å². The van der Waals surface area contributed by atoms with Crippen molar-refractivity contribution in [2.45, 2.75) is 18.3 Å². The summed E-state index contributed by atoms with van der Waals surface area (Å²) in [5.74, 6) is -2.93. The van der Waals surface area contributed by atoms with E-state index < -0.39 is 36.8 Å². The number of amides is 3. The second kappa shape index (κ2) is 11.9. The molecule has 2 aromatic carbocycles. The molecule has 15 heteroatoms. The smallest absolute Gasteiger partial charge is 0.327 e. The van der Waals surface area contributed by atoms with Gasteiger partial charge in [0.1, 0.15) is 6.54 Å². The van der Waals surface area contributed by atoms with Crippen molar-refractivity contribution in [3.8, 4) is 0 Å². The number of halogens is 10. The number of alkyl halides is 6. The van der Waals surface area contributed by atoms with E-state index in [9.17, 15) is 35.9 Å². The lowest BCUT2D eigenvalue weighted by Gasteiger charge is -2.20. The average molecular weight is 642 g/mol. The zero-order chi connectivity index (χ0) is 27.4. The average Bonchev–Trinajstić information content (AvgIpc) is 2.74. The molecule has 0 saturated carbocycles. The van der Waals surface area contributed by atoms with Gasteiger partial charge in [0.2, 0.25) is 0 Å². The minimum atomic E-state index is -4.69. The normalized spacial score (nSPS) is 13.0. The summed E-state index contributed by atoms with van der Waals surface area (Å²) < 4.78 is 77.9. The quantitative estimate of drug-likeness (QED) is 0.201. The third-order valence-corrected chi connectivity index (χ3v) is 6.30. The number of nitrogens with zero attached hydrogens (tertiary/aromatic N) is 1. The van der Waals surface area contributed by atoms with E-state index in [2.05, 4.69) is 21.4 Å². The molecular weight excluding hydrogens is 627 g/mol. The van der Waals surface area contributed by atoms with E-state index in [1.54, 1.807) is 5.32 Å². The number of carbonyl (C=O) groups excluding carboxylic acids is 2. The van der Waals surface area contributed by atoms with Crippen LogP contribution in [0.5, 0.6) is 0 Å². The van der Waals surface area contributed by atoms with Gasteiger partial charge in [-0.05, 0) is 51.3 Å². The summed E-state index contributed by atoms with van der Waals surface area (Å²) in [4.78, 5) is 24.0. The molecule has 0 spiro atoms. The number of nitrogens with one attached hydrogen (secondary N) is 2. The Bertz CT molecular complexity index is 1150. The maximum Gasteiger partial charge on any atom is 0.405 e. The maximum absolute atomic E-state index is 13.7. The number of benzene rings is 2. The first-order valence-corrected chi connectivity index (χ1v) is 11.5. The van der Waals surface area contributed by atoms with Crippen molar-refractivity contribution >= 4 is 68.7 Å². The van der Waals surface area contributed by atoms with E-state index in [1.165, 1.54) is 18.2 Å². The van der Waals surface area contributed by atoms with Crippen LogP contribution in [0.3, 0.4) is 0 Å². The third-order valence-electron chi connectivity index (χ3n) is 4.45. The van der Waals surface area contributed by atoms with Gasteiger partial charge in [-0.15, -0.1) is 0 Å². The molecule has 0 heterocycles. The number of rotatable bonds is 5. The molecule has 0 saturated heterocycles. The zero-order valence-corrected chi connectivity index (χ0v) is 21.7. The molecule has 2 rings (SSSR count). The number of hydrazine groups is 1. The van der Waals surface area contributed by atoms with Crippen LogP contribution < -0.4 is 10.7 Å². The lowest BCUT2D eigenvalue weighted by Crippen LogP contribution is -2.50. The molecular formula is C21H15BrCl3F6N3O2. The standard InChI is InChI=1S/C21H15BrCl3F6N3O2/c1-34(19(36)32-9-20(26,27)28)33-18(35)12-4-2-10(6-14(12)22)3-5-13(21(29,30)31)11-7-15(23)17(25)16(24)8-11/h2-8,13H,9H2,1H3,(H,32,36)(H,33,35). The van der Waals surface area contributed by atoms with Crippen LogP contribution in [-0.2, 0) is 0 Å². The molecule has 5 nitrogen and oxygen atoms in total. The van der Waals surface area contributed by atoms with Crippen LogP contribution in [0.15, 0.2) is 40.9 Å². The highest BCUT2D eigenvalue weighted by atomic mass is 79.9. The molecule has 0 radical (unpaired) electrons. The van der Waals surface area contributed by atoms with Crippen molar-refractivity contribution in [1.29, 1.82) is 0 Å². The number of urea groups is 1. The van der Waals surface area contributed by atoms with Crippen LogP contribution in [0.4, 0.5) is 31.1 Å². The first-order valence-electron chi connectivity index (χ1n) is 9.58. The van der Waals surface area contributed by atoms with Gasteiger partial charge in [-0.3, -0.25) is 10.2 Å². The summed E-state index contributed by atoms with van der Waals surface area (Å²) in [5.41, 5.74) is 2.08. The molecule has 1 atom stereocenters. The number of hydrogen-bond donors (Lipinski definition) is 2. The predicted molar refractivity (Wildman–Crippen MR) is 128 cm³/mol. The molecule has 2 aromatic rings. The largest absolute Gasteiger partial charge is 0.405 e. The van der Waals surface area contributed by atoms with Crippen LogP contribution in [0.2, 0.25) is 15.1 Å². The van der Waals surface area contributed by atoms with E-state index >= 15 is 0 Å². The topological polar surface area (TPSA) is 61.4 Å². The molecule has 0 aromatic heterocycles. The van der Waals surface area contributed by atoms with Crippen LogP contribution in [0.1, 0.15) is 27.4 Å². The van der Waals surface area contributed by atoms with E-state index in [1.807, 2.05) is 0 Å². The molecule has 3 amide bonds. The molecule has 0 aliphatic carbocycles. The van der Waals surface area contributed by atoms with Gasteiger partial charge in [-0.1, -0.05) is 53.0 Å². The van der Waals surface area contributed by atoms with E-state index in [4.69, 9.17) is 34.8 Å². The van der Waals surface area contributed by atoms with Gasteiger partial charge in [0.05, 0.1) is 26.5 Å². The van der Waals surface area contributed by atoms with Gasteiger partial charge in [0, 0.05) is 11.5 Å². The van der Waals surface area contributed by atoms with Crippen LogP contribution in [0.25, 0.3) is 6.08 Å². The Morgan fingerprint density at radius 1 is 1.06 bits per heavy atom. The van der Waals surface area contributed by atoms with Crippen molar-refractivity contribution in [3.05, 3.63) is 72.6 Å². The van der Waals surface area contributed by atoms with Gasteiger partial charge in [-0.25, -0.2) is 9.80 Å². The fraction of sp³-hybridized carbons (Fsp3) is 0.238. The van der Waals surface area contributed by atoms with E-state index in [-0.39, 0.29) is 36.2 Å². The fourth-order valence-electron chi connectivity index (χ4n) is 2.75. The number of allylic oxidation sites excluding steroid dienone is 1. The summed E-state index contributed by atoms with van der Waals surface area (Å²) in [6.45, 7) is -1.59. The second-order valence-electron chi connectivity index (χ2n) is 7.19. The Kier molecular flexibility index (Phi) is 9.97. The molecule has 0 bridgehead atoms. The predicted octanol–water partition coefficient (Wildman–Crippen LogP) is 7.62. The minimum absolute atomic E-state index is 0.0359. The van der Waals surface area contributed by atoms with Crippen LogP contribution in [0, 0.1) is 0 Å². The SMILES string of the molecule is CN(NC(=O)c1ccc(C=CC(c2cc(Cl)c(Cl)c(Cl)c2)C(F)(F)F)cc1Br)C(=O)NCC(F)(F)F.